The van der Waals surface area contributed by atoms with Gasteiger partial charge in [0.05, 0.1) is 12.7 Å². The lowest BCUT2D eigenvalue weighted by Gasteiger charge is -2.14. The Morgan fingerprint density at radius 3 is 2.40 bits per heavy atom. The van der Waals surface area contributed by atoms with Crippen molar-refractivity contribution in [2.24, 2.45) is 0 Å². The van der Waals surface area contributed by atoms with Gasteiger partial charge in [0.25, 0.3) is 0 Å². The van der Waals surface area contributed by atoms with Crippen LogP contribution in [0.1, 0.15) is 11.1 Å². The molecule has 0 heterocycles. The smallest absolute Gasteiger partial charge is 0.417 e. The quantitative estimate of drug-likeness (QED) is 0.744. The van der Waals surface area contributed by atoms with Crippen LogP contribution in [0, 0.1) is 0 Å². The normalized spacial score (nSPS) is 11.6. The molecule has 0 amide bonds. The molecule has 0 bridgehead atoms. The molecule has 1 aromatic carbocycles. The third-order valence-corrected chi connectivity index (χ3v) is 2.72. The first-order chi connectivity index (χ1) is 6.90. The van der Waals surface area contributed by atoms with Crippen molar-refractivity contribution in [1.82, 2.24) is 0 Å². The van der Waals surface area contributed by atoms with Crippen molar-refractivity contribution < 1.29 is 17.9 Å². The average Bonchev–Trinajstić information content (AvgIpc) is 2.14. The summed E-state index contributed by atoms with van der Waals surface area (Å²) in [4.78, 5) is 0. The number of hydrogen-bond donors (Lipinski definition) is 0. The lowest BCUT2D eigenvalue weighted by Crippen LogP contribution is -2.10. The summed E-state index contributed by atoms with van der Waals surface area (Å²) in [5, 5.41) is 0. The van der Waals surface area contributed by atoms with Crippen molar-refractivity contribution in [2.45, 2.75) is 12.1 Å². The maximum absolute atomic E-state index is 12.6. The summed E-state index contributed by atoms with van der Waals surface area (Å²) in [5.74, 6) is 0.121. The van der Waals surface area contributed by atoms with Gasteiger partial charge in [0, 0.05) is 10.4 Å². The first-order valence-electron chi connectivity index (χ1n) is 3.89. The molecule has 1 rings (SSSR count). The minimum atomic E-state index is -4.42. The molecule has 0 saturated heterocycles. The molecular weight excluding hydrogens is 296 g/mol. The van der Waals surface area contributed by atoms with Crippen molar-refractivity contribution in [1.29, 1.82) is 0 Å². The van der Waals surface area contributed by atoms with Gasteiger partial charge in [0.15, 0.2) is 0 Å². The van der Waals surface area contributed by atoms with Crippen LogP contribution in [-0.2, 0) is 12.1 Å². The van der Waals surface area contributed by atoms with E-state index in [1.165, 1.54) is 19.2 Å². The zero-order chi connectivity index (χ0) is 11.6. The van der Waals surface area contributed by atoms with E-state index < -0.39 is 11.7 Å². The molecule has 0 fully saturated rings. The molecule has 15 heavy (non-hydrogen) atoms. The summed E-state index contributed by atoms with van der Waals surface area (Å²) in [6.07, 6.45) is -4.42. The molecule has 84 valence electrons. The Morgan fingerprint density at radius 1 is 1.40 bits per heavy atom. The molecule has 6 heteroatoms. The van der Waals surface area contributed by atoms with Crippen molar-refractivity contribution in [3.05, 3.63) is 27.7 Å². The van der Waals surface area contributed by atoms with Crippen LogP contribution in [-0.4, -0.2) is 7.11 Å². The molecule has 1 aromatic rings. The van der Waals surface area contributed by atoms with Crippen molar-refractivity contribution >= 4 is 27.5 Å². The van der Waals surface area contributed by atoms with Crippen molar-refractivity contribution in [2.75, 3.05) is 7.11 Å². The molecule has 0 unspecified atom stereocenters. The van der Waals surface area contributed by atoms with Gasteiger partial charge in [-0.1, -0.05) is 15.9 Å². The third-order valence-electron chi connectivity index (χ3n) is 1.81. The van der Waals surface area contributed by atoms with Crippen LogP contribution in [0.15, 0.2) is 16.6 Å². The Labute approximate surface area is 98.3 Å². The van der Waals surface area contributed by atoms with E-state index >= 15 is 0 Å². The van der Waals surface area contributed by atoms with Gasteiger partial charge in [-0.25, -0.2) is 0 Å². The Morgan fingerprint density at radius 2 is 2.00 bits per heavy atom. The highest BCUT2D eigenvalue weighted by Crippen LogP contribution is 2.40. The van der Waals surface area contributed by atoms with Crippen molar-refractivity contribution in [3.63, 3.8) is 0 Å². The summed E-state index contributed by atoms with van der Waals surface area (Å²) < 4.78 is 42.6. The fraction of sp³-hybridized carbons (Fsp3) is 0.333. The highest BCUT2D eigenvalue weighted by Gasteiger charge is 2.35. The molecule has 0 spiro atoms. The molecule has 0 N–H and O–H groups in total. The van der Waals surface area contributed by atoms with Gasteiger partial charge in [0.2, 0.25) is 0 Å². The van der Waals surface area contributed by atoms with Crippen LogP contribution >= 0.6 is 27.5 Å². The second-order valence-corrected chi connectivity index (χ2v) is 3.90. The van der Waals surface area contributed by atoms with Crippen LogP contribution in [0.4, 0.5) is 13.2 Å². The average molecular weight is 304 g/mol. The Bertz CT molecular complexity index is 365. The van der Waals surface area contributed by atoms with E-state index in [0.29, 0.717) is 5.75 Å². The van der Waals surface area contributed by atoms with E-state index in [4.69, 9.17) is 16.3 Å². The maximum atomic E-state index is 12.6. The summed E-state index contributed by atoms with van der Waals surface area (Å²) >= 11 is 8.32. The summed E-state index contributed by atoms with van der Waals surface area (Å²) in [6.45, 7) is 0. The predicted octanol–water partition coefficient (Wildman–Crippen LogP) is 4.22. The number of hydrogen-bond acceptors (Lipinski definition) is 1. The van der Waals surface area contributed by atoms with Gasteiger partial charge in [-0.05, 0) is 17.7 Å². The molecule has 0 aliphatic heterocycles. The summed E-state index contributed by atoms with van der Waals surface area (Å²) in [6, 6.07) is 2.54. The van der Waals surface area contributed by atoms with Gasteiger partial charge in [-0.2, -0.15) is 13.2 Å². The lowest BCUT2D eigenvalue weighted by atomic mass is 10.1. The van der Waals surface area contributed by atoms with Gasteiger partial charge < -0.3 is 4.74 Å². The molecule has 0 atom stereocenters. The summed E-state index contributed by atoms with van der Waals surface area (Å²) in [5.41, 5.74) is -0.756. The number of methoxy groups -OCH3 is 1. The fourth-order valence-corrected chi connectivity index (χ4v) is 2.09. The molecular formula is C9H7BrClF3O. The number of rotatable bonds is 2. The summed E-state index contributed by atoms with van der Waals surface area (Å²) in [7, 11) is 1.38. The van der Waals surface area contributed by atoms with E-state index in [2.05, 4.69) is 15.9 Å². The van der Waals surface area contributed by atoms with E-state index in [-0.39, 0.29) is 15.9 Å². The van der Waals surface area contributed by atoms with E-state index in [0.717, 1.165) is 0 Å². The first kappa shape index (κ1) is 12.6. The highest BCUT2D eigenvalue weighted by molar-refractivity contribution is 9.10. The molecule has 0 saturated carbocycles. The minimum absolute atomic E-state index is 0.00427. The molecule has 0 aliphatic carbocycles. The van der Waals surface area contributed by atoms with Gasteiger partial charge >= 0.3 is 6.18 Å². The first-order valence-corrected chi connectivity index (χ1v) is 5.22. The number of ether oxygens (including phenoxy) is 1. The van der Waals surface area contributed by atoms with Gasteiger partial charge in [0.1, 0.15) is 5.75 Å². The zero-order valence-corrected chi connectivity index (χ0v) is 10.0. The number of halogens is 5. The molecule has 1 nitrogen and oxygen atoms in total. The Kier molecular flexibility index (Phi) is 3.89. The lowest BCUT2D eigenvalue weighted by molar-refractivity contribution is -0.138. The van der Waals surface area contributed by atoms with Crippen LogP contribution in [0.25, 0.3) is 0 Å². The SMILES string of the molecule is COc1cc(Br)c(C(F)(F)F)c(CCl)c1. The predicted molar refractivity (Wildman–Crippen MR) is 55.3 cm³/mol. The van der Waals surface area contributed by atoms with Gasteiger partial charge in [-0.15, -0.1) is 11.6 Å². The topological polar surface area (TPSA) is 9.23 Å². The second-order valence-electron chi connectivity index (χ2n) is 2.77. The van der Waals surface area contributed by atoms with Crippen LogP contribution in [0.2, 0.25) is 0 Å². The Hall–Kier alpha value is -0.420. The zero-order valence-electron chi connectivity index (χ0n) is 7.66. The van der Waals surface area contributed by atoms with Crippen LogP contribution in [0.5, 0.6) is 5.75 Å². The van der Waals surface area contributed by atoms with Crippen LogP contribution < -0.4 is 4.74 Å². The molecule has 0 aromatic heterocycles. The molecule has 0 radical (unpaired) electrons. The fourth-order valence-electron chi connectivity index (χ4n) is 1.18. The van der Waals surface area contributed by atoms with Crippen molar-refractivity contribution in [3.8, 4) is 5.75 Å². The maximum Gasteiger partial charge on any atom is 0.417 e. The second kappa shape index (κ2) is 4.61. The van der Waals surface area contributed by atoms with E-state index in [1.807, 2.05) is 0 Å². The minimum Gasteiger partial charge on any atom is -0.497 e. The molecule has 0 aliphatic rings. The Balaban J connectivity index is 3.38. The standard InChI is InChI=1S/C9H7BrClF3O/c1-15-6-2-5(4-11)8(7(10)3-6)9(12,13)14/h2-3H,4H2,1H3. The third kappa shape index (κ3) is 2.78. The number of alkyl halides is 4. The highest BCUT2D eigenvalue weighted by atomic mass is 79.9. The van der Waals surface area contributed by atoms with E-state index in [1.54, 1.807) is 0 Å². The van der Waals surface area contributed by atoms with E-state index in [9.17, 15) is 13.2 Å². The monoisotopic (exact) mass is 302 g/mol. The largest absolute Gasteiger partial charge is 0.497 e. The number of benzene rings is 1. The van der Waals surface area contributed by atoms with Gasteiger partial charge in [-0.3, -0.25) is 0 Å². The van der Waals surface area contributed by atoms with Crippen LogP contribution in [0.3, 0.4) is 0 Å².